The highest BCUT2D eigenvalue weighted by molar-refractivity contribution is 6.31. The minimum absolute atomic E-state index is 0.645. The fourth-order valence-corrected chi connectivity index (χ4v) is 3.63. The zero-order valence-corrected chi connectivity index (χ0v) is 16.0. The average molecular weight is 406 g/mol. The van der Waals surface area contributed by atoms with Crippen LogP contribution in [0.1, 0.15) is 29.5 Å². The van der Waals surface area contributed by atoms with Crippen LogP contribution in [-0.4, -0.2) is 16.3 Å². The highest BCUT2D eigenvalue weighted by Crippen LogP contribution is 2.36. The van der Waals surface area contributed by atoms with Crippen molar-refractivity contribution in [1.29, 1.82) is 0 Å². The normalized spacial score (nSPS) is 14.3. The Morgan fingerprint density at radius 3 is 2.50 bits per heavy atom. The first-order valence-electron chi connectivity index (χ1n) is 9.14. The first-order valence-corrected chi connectivity index (χ1v) is 9.52. The Kier molecular flexibility index (Phi) is 4.83. The van der Waals surface area contributed by atoms with Gasteiger partial charge in [0.05, 0.1) is 16.9 Å². The first kappa shape index (κ1) is 18.9. The highest BCUT2D eigenvalue weighted by Gasteiger charge is 2.30. The molecule has 1 N–H and O–H groups in total. The van der Waals surface area contributed by atoms with E-state index >= 15 is 0 Å². The van der Waals surface area contributed by atoms with Gasteiger partial charge in [-0.1, -0.05) is 29.8 Å². The SMILES string of the molecule is Cc1ccc(-n2nc(-c3ccc(C(F)(F)F)cc3)c3c2NCCCC3)cc1Cl. The molecular weight excluding hydrogens is 387 g/mol. The van der Waals surface area contributed by atoms with Crippen molar-refractivity contribution in [3.05, 3.63) is 64.2 Å². The van der Waals surface area contributed by atoms with Crippen molar-refractivity contribution in [2.45, 2.75) is 32.4 Å². The maximum atomic E-state index is 12.9. The van der Waals surface area contributed by atoms with Gasteiger partial charge in [0.25, 0.3) is 0 Å². The summed E-state index contributed by atoms with van der Waals surface area (Å²) in [6, 6.07) is 10.9. The number of alkyl halides is 3. The number of hydrogen-bond acceptors (Lipinski definition) is 2. The molecule has 3 nitrogen and oxygen atoms in total. The molecule has 2 aromatic carbocycles. The van der Waals surface area contributed by atoms with Gasteiger partial charge in [0, 0.05) is 22.7 Å². The van der Waals surface area contributed by atoms with Gasteiger partial charge in [0.1, 0.15) is 5.82 Å². The standard InChI is InChI=1S/C21H19ClF3N3/c1-13-5-10-16(12-18(13)22)28-20-17(4-2-3-11-26-20)19(27-28)14-6-8-15(9-7-14)21(23,24)25/h5-10,12,26H,2-4,11H2,1H3. The molecule has 0 amide bonds. The van der Waals surface area contributed by atoms with Crippen LogP contribution in [0.4, 0.5) is 19.0 Å². The van der Waals surface area contributed by atoms with Crippen LogP contribution in [0.25, 0.3) is 16.9 Å². The predicted octanol–water partition coefficient (Wildman–Crippen LogP) is 6.27. The minimum Gasteiger partial charge on any atom is -0.370 e. The Morgan fingerprint density at radius 2 is 1.82 bits per heavy atom. The van der Waals surface area contributed by atoms with Gasteiger partial charge in [-0.3, -0.25) is 0 Å². The molecule has 0 saturated carbocycles. The molecule has 0 atom stereocenters. The lowest BCUT2D eigenvalue weighted by Crippen LogP contribution is -2.07. The number of benzene rings is 2. The van der Waals surface area contributed by atoms with E-state index in [4.69, 9.17) is 16.7 Å². The number of anilines is 1. The average Bonchev–Trinajstić information content (AvgIpc) is 2.84. The summed E-state index contributed by atoms with van der Waals surface area (Å²) in [4.78, 5) is 0. The molecule has 4 rings (SSSR count). The molecule has 146 valence electrons. The van der Waals surface area contributed by atoms with Crippen molar-refractivity contribution in [3.8, 4) is 16.9 Å². The molecule has 1 aliphatic rings. The van der Waals surface area contributed by atoms with Crippen LogP contribution in [0.2, 0.25) is 5.02 Å². The van der Waals surface area contributed by atoms with Gasteiger partial charge >= 0.3 is 6.18 Å². The van der Waals surface area contributed by atoms with E-state index in [0.717, 1.165) is 60.6 Å². The molecule has 0 unspecified atom stereocenters. The number of fused-ring (bicyclic) bond motifs is 1. The van der Waals surface area contributed by atoms with Crippen LogP contribution >= 0.6 is 11.6 Å². The zero-order valence-electron chi connectivity index (χ0n) is 15.3. The molecule has 7 heteroatoms. The van der Waals surface area contributed by atoms with Gasteiger partial charge in [0.15, 0.2) is 0 Å². The van der Waals surface area contributed by atoms with E-state index in [1.165, 1.54) is 12.1 Å². The van der Waals surface area contributed by atoms with E-state index in [1.54, 1.807) is 4.68 Å². The number of halogens is 4. The summed E-state index contributed by atoms with van der Waals surface area (Å²) in [6.07, 6.45) is -1.52. The van der Waals surface area contributed by atoms with Gasteiger partial charge in [-0.2, -0.15) is 18.3 Å². The second-order valence-corrected chi connectivity index (χ2v) is 7.39. The summed E-state index contributed by atoms with van der Waals surface area (Å²) in [5.74, 6) is 0.882. The summed E-state index contributed by atoms with van der Waals surface area (Å²) in [5.41, 5.74) is 3.53. The van der Waals surface area contributed by atoms with E-state index in [2.05, 4.69) is 5.32 Å². The van der Waals surface area contributed by atoms with Crippen LogP contribution < -0.4 is 5.32 Å². The van der Waals surface area contributed by atoms with E-state index in [0.29, 0.717) is 16.3 Å². The van der Waals surface area contributed by atoms with Crippen LogP contribution in [-0.2, 0) is 12.6 Å². The zero-order chi connectivity index (χ0) is 19.9. The predicted molar refractivity (Wildman–Crippen MR) is 105 cm³/mol. The molecule has 2 heterocycles. The Morgan fingerprint density at radius 1 is 1.07 bits per heavy atom. The third kappa shape index (κ3) is 3.49. The van der Waals surface area contributed by atoms with Crippen molar-refractivity contribution in [1.82, 2.24) is 9.78 Å². The Balaban J connectivity index is 1.84. The lowest BCUT2D eigenvalue weighted by Gasteiger charge is -2.10. The molecule has 0 bridgehead atoms. The number of aryl methyl sites for hydroxylation is 1. The van der Waals surface area contributed by atoms with Crippen molar-refractivity contribution >= 4 is 17.4 Å². The number of hydrogen-bond donors (Lipinski definition) is 1. The molecular formula is C21H19ClF3N3. The largest absolute Gasteiger partial charge is 0.416 e. The van der Waals surface area contributed by atoms with E-state index < -0.39 is 11.7 Å². The van der Waals surface area contributed by atoms with Crippen molar-refractivity contribution < 1.29 is 13.2 Å². The summed E-state index contributed by atoms with van der Waals surface area (Å²) in [7, 11) is 0. The van der Waals surface area contributed by atoms with Crippen molar-refractivity contribution in [2.24, 2.45) is 0 Å². The molecule has 1 aromatic heterocycles. The van der Waals surface area contributed by atoms with Crippen molar-refractivity contribution in [2.75, 3.05) is 11.9 Å². The second kappa shape index (κ2) is 7.17. The monoisotopic (exact) mass is 405 g/mol. The van der Waals surface area contributed by atoms with Gasteiger partial charge in [-0.15, -0.1) is 0 Å². The minimum atomic E-state index is -4.35. The van der Waals surface area contributed by atoms with Gasteiger partial charge in [-0.05, 0) is 56.0 Å². The number of nitrogens with zero attached hydrogens (tertiary/aromatic N) is 2. The summed E-state index contributed by atoms with van der Waals surface area (Å²) in [6.45, 7) is 2.76. The maximum Gasteiger partial charge on any atom is 0.416 e. The topological polar surface area (TPSA) is 29.9 Å². The molecule has 0 saturated heterocycles. The Hall–Kier alpha value is -2.47. The van der Waals surface area contributed by atoms with Crippen molar-refractivity contribution in [3.63, 3.8) is 0 Å². The maximum absolute atomic E-state index is 12.9. The van der Waals surface area contributed by atoms with Gasteiger partial charge < -0.3 is 5.32 Å². The molecule has 1 aliphatic heterocycles. The van der Waals surface area contributed by atoms with Crippen LogP contribution in [0, 0.1) is 6.92 Å². The van der Waals surface area contributed by atoms with Crippen LogP contribution in [0.3, 0.4) is 0 Å². The quantitative estimate of drug-likeness (QED) is 0.544. The Bertz CT molecular complexity index is 1010. The third-order valence-corrected chi connectivity index (χ3v) is 5.42. The van der Waals surface area contributed by atoms with Crippen LogP contribution in [0.5, 0.6) is 0 Å². The third-order valence-electron chi connectivity index (χ3n) is 5.02. The molecule has 0 radical (unpaired) electrons. The molecule has 28 heavy (non-hydrogen) atoms. The highest BCUT2D eigenvalue weighted by atomic mass is 35.5. The van der Waals surface area contributed by atoms with E-state index in [1.807, 2.05) is 25.1 Å². The molecule has 3 aromatic rings. The number of rotatable bonds is 2. The van der Waals surface area contributed by atoms with Gasteiger partial charge in [0.2, 0.25) is 0 Å². The molecule has 0 aliphatic carbocycles. The first-order chi connectivity index (χ1) is 13.3. The summed E-state index contributed by atoms with van der Waals surface area (Å²) >= 11 is 6.30. The van der Waals surface area contributed by atoms with Crippen LogP contribution in [0.15, 0.2) is 42.5 Å². The van der Waals surface area contributed by atoms with E-state index in [9.17, 15) is 13.2 Å². The fraction of sp³-hybridized carbons (Fsp3) is 0.286. The number of nitrogens with one attached hydrogen (secondary N) is 1. The summed E-state index contributed by atoms with van der Waals surface area (Å²) < 4.78 is 40.5. The summed E-state index contributed by atoms with van der Waals surface area (Å²) in [5, 5.41) is 8.83. The lowest BCUT2D eigenvalue weighted by atomic mass is 10.0. The number of aromatic nitrogens is 2. The lowest BCUT2D eigenvalue weighted by molar-refractivity contribution is -0.137. The van der Waals surface area contributed by atoms with Gasteiger partial charge in [-0.25, -0.2) is 4.68 Å². The molecule has 0 fully saturated rings. The fourth-order valence-electron chi connectivity index (χ4n) is 3.45. The Labute approximate surface area is 166 Å². The van der Waals surface area contributed by atoms with E-state index in [-0.39, 0.29) is 0 Å². The second-order valence-electron chi connectivity index (χ2n) is 6.98. The molecule has 0 spiro atoms. The smallest absolute Gasteiger partial charge is 0.370 e.